The molecule has 2 aromatic rings. The number of aromatic nitrogens is 1. The van der Waals surface area contributed by atoms with Gasteiger partial charge in [0.15, 0.2) is 0 Å². The van der Waals surface area contributed by atoms with Crippen LogP contribution < -0.4 is 10.1 Å². The van der Waals surface area contributed by atoms with E-state index in [0.717, 1.165) is 67.6 Å². The summed E-state index contributed by atoms with van der Waals surface area (Å²) in [4.78, 5) is 21.7. The van der Waals surface area contributed by atoms with Crippen molar-refractivity contribution < 1.29 is 9.53 Å². The molecule has 6 nitrogen and oxygen atoms in total. The van der Waals surface area contributed by atoms with Crippen LogP contribution in [0.15, 0.2) is 29.6 Å². The molecule has 156 valence electrons. The number of methoxy groups -OCH3 is 1. The Morgan fingerprint density at radius 3 is 2.76 bits per heavy atom. The molecule has 7 heteroatoms. The first-order valence-corrected chi connectivity index (χ1v) is 11.5. The van der Waals surface area contributed by atoms with Crippen LogP contribution in [0.5, 0.6) is 5.75 Å². The monoisotopic (exact) mass is 414 g/mol. The van der Waals surface area contributed by atoms with Crippen molar-refractivity contribution in [2.24, 2.45) is 0 Å². The molecule has 1 aliphatic heterocycles. The Bertz CT molecular complexity index is 811. The molecule has 29 heavy (non-hydrogen) atoms. The van der Waals surface area contributed by atoms with Crippen molar-refractivity contribution >= 4 is 17.4 Å². The summed E-state index contributed by atoms with van der Waals surface area (Å²) in [5.74, 6) is 0.847. The summed E-state index contributed by atoms with van der Waals surface area (Å²) < 4.78 is 5.31. The van der Waals surface area contributed by atoms with Gasteiger partial charge in [-0.05, 0) is 25.0 Å². The largest absolute Gasteiger partial charge is 0.497 e. The summed E-state index contributed by atoms with van der Waals surface area (Å²) in [5.41, 5.74) is 2.07. The van der Waals surface area contributed by atoms with Gasteiger partial charge in [-0.25, -0.2) is 9.78 Å². The summed E-state index contributed by atoms with van der Waals surface area (Å²) >= 11 is 1.70. The number of hydrogen-bond acceptors (Lipinski definition) is 5. The number of piperazine rings is 1. The first kappa shape index (κ1) is 20.2. The lowest BCUT2D eigenvalue weighted by Crippen LogP contribution is -2.53. The minimum absolute atomic E-state index is 0.117. The van der Waals surface area contributed by atoms with E-state index in [-0.39, 0.29) is 6.03 Å². The molecule has 2 heterocycles. The summed E-state index contributed by atoms with van der Waals surface area (Å²) in [6.45, 7) is 4.20. The lowest BCUT2D eigenvalue weighted by molar-refractivity contribution is 0.132. The molecule has 0 bridgehead atoms. The topological polar surface area (TPSA) is 57.7 Å². The van der Waals surface area contributed by atoms with Gasteiger partial charge in [0, 0.05) is 43.2 Å². The average Bonchev–Trinajstić information content (AvgIpc) is 3.23. The molecule has 1 aromatic carbocycles. The first-order valence-electron chi connectivity index (χ1n) is 10.6. The molecular weight excluding hydrogens is 384 g/mol. The van der Waals surface area contributed by atoms with Gasteiger partial charge in [0.1, 0.15) is 10.8 Å². The molecule has 1 N–H and O–H groups in total. The van der Waals surface area contributed by atoms with Crippen LogP contribution in [0.2, 0.25) is 0 Å². The van der Waals surface area contributed by atoms with E-state index in [2.05, 4.69) is 21.7 Å². The van der Waals surface area contributed by atoms with Crippen molar-refractivity contribution in [3.63, 3.8) is 0 Å². The van der Waals surface area contributed by atoms with Gasteiger partial charge < -0.3 is 15.0 Å². The van der Waals surface area contributed by atoms with Crippen LogP contribution in [0.25, 0.3) is 11.3 Å². The second-order valence-corrected chi connectivity index (χ2v) is 8.85. The molecule has 1 aliphatic carbocycles. The predicted octanol–water partition coefficient (Wildman–Crippen LogP) is 3.98. The second-order valence-electron chi connectivity index (χ2n) is 7.91. The Labute approximate surface area is 176 Å². The molecule has 0 unspecified atom stereocenters. The van der Waals surface area contributed by atoms with Gasteiger partial charge in [-0.3, -0.25) is 4.90 Å². The number of carbonyl (C=O) groups is 1. The molecule has 2 aliphatic rings. The first-order chi connectivity index (χ1) is 14.2. The third-order valence-corrected chi connectivity index (χ3v) is 6.70. The van der Waals surface area contributed by atoms with E-state index in [4.69, 9.17) is 9.72 Å². The number of ether oxygens (including phenoxy) is 1. The fourth-order valence-electron chi connectivity index (χ4n) is 4.11. The molecule has 0 atom stereocenters. The van der Waals surface area contributed by atoms with E-state index in [1.165, 1.54) is 19.3 Å². The van der Waals surface area contributed by atoms with Crippen LogP contribution in [0.3, 0.4) is 0 Å². The number of nitrogens with zero attached hydrogens (tertiary/aromatic N) is 3. The van der Waals surface area contributed by atoms with Crippen molar-refractivity contribution in [1.29, 1.82) is 0 Å². The van der Waals surface area contributed by atoms with Crippen LogP contribution in [0.1, 0.15) is 37.1 Å². The number of amides is 2. The van der Waals surface area contributed by atoms with Gasteiger partial charge in [-0.15, -0.1) is 11.3 Å². The summed E-state index contributed by atoms with van der Waals surface area (Å²) in [5, 5.41) is 6.45. The standard InChI is InChI=1S/C22H30N4O2S/c1-28-19-9-5-6-17(14-19)20-16-29-21(24-20)15-25-10-12-26(13-11-25)22(27)23-18-7-3-2-4-8-18/h5-6,9,14,16,18H,2-4,7-8,10-13,15H2,1H3,(H,23,27). The van der Waals surface area contributed by atoms with Gasteiger partial charge in [0.25, 0.3) is 0 Å². The molecule has 0 radical (unpaired) electrons. The van der Waals surface area contributed by atoms with Crippen molar-refractivity contribution in [1.82, 2.24) is 20.1 Å². The molecule has 1 saturated heterocycles. The van der Waals surface area contributed by atoms with Crippen LogP contribution in [-0.2, 0) is 6.54 Å². The van der Waals surface area contributed by atoms with Crippen molar-refractivity contribution in [3.05, 3.63) is 34.7 Å². The zero-order chi connectivity index (χ0) is 20.1. The number of carbonyl (C=O) groups excluding carboxylic acids is 1. The van der Waals surface area contributed by atoms with Gasteiger partial charge >= 0.3 is 6.03 Å². The van der Waals surface area contributed by atoms with Gasteiger partial charge in [0.2, 0.25) is 0 Å². The smallest absolute Gasteiger partial charge is 0.317 e. The summed E-state index contributed by atoms with van der Waals surface area (Å²) in [7, 11) is 1.68. The Hall–Kier alpha value is -2.12. The molecular formula is C22H30N4O2S. The number of urea groups is 1. The predicted molar refractivity (Wildman–Crippen MR) is 116 cm³/mol. The lowest BCUT2D eigenvalue weighted by atomic mass is 9.96. The molecule has 2 amide bonds. The van der Waals surface area contributed by atoms with Crippen LogP contribution in [-0.4, -0.2) is 60.1 Å². The maximum Gasteiger partial charge on any atom is 0.317 e. The third kappa shape index (κ3) is 5.28. The Kier molecular flexibility index (Phi) is 6.67. The average molecular weight is 415 g/mol. The van der Waals surface area contributed by atoms with Crippen LogP contribution in [0.4, 0.5) is 4.79 Å². The summed E-state index contributed by atoms with van der Waals surface area (Å²) in [6, 6.07) is 8.50. The highest BCUT2D eigenvalue weighted by Crippen LogP contribution is 2.26. The zero-order valence-electron chi connectivity index (χ0n) is 17.1. The minimum Gasteiger partial charge on any atom is -0.497 e. The van der Waals surface area contributed by atoms with E-state index in [1.54, 1.807) is 18.4 Å². The quantitative estimate of drug-likeness (QED) is 0.804. The van der Waals surface area contributed by atoms with E-state index >= 15 is 0 Å². The summed E-state index contributed by atoms with van der Waals surface area (Å²) in [6.07, 6.45) is 6.05. The highest BCUT2D eigenvalue weighted by molar-refractivity contribution is 7.09. The van der Waals surface area contributed by atoms with Crippen LogP contribution in [0, 0.1) is 0 Å². The van der Waals surface area contributed by atoms with E-state index in [1.807, 2.05) is 23.1 Å². The highest BCUT2D eigenvalue weighted by atomic mass is 32.1. The molecule has 0 spiro atoms. The second kappa shape index (κ2) is 9.59. The Morgan fingerprint density at radius 2 is 2.00 bits per heavy atom. The maximum absolute atomic E-state index is 12.5. The SMILES string of the molecule is COc1cccc(-c2csc(CN3CCN(C(=O)NC4CCCCC4)CC3)n2)c1. The number of benzene rings is 1. The number of nitrogens with one attached hydrogen (secondary N) is 1. The molecule has 1 saturated carbocycles. The fourth-order valence-corrected chi connectivity index (χ4v) is 4.96. The van der Waals surface area contributed by atoms with Crippen molar-refractivity contribution in [2.75, 3.05) is 33.3 Å². The lowest BCUT2D eigenvalue weighted by Gasteiger charge is -2.35. The van der Waals surface area contributed by atoms with Crippen molar-refractivity contribution in [3.8, 4) is 17.0 Å². The highest BCUT2D eigenvalue weighted by Gasteiger charge is 2.24. The van der Waals surface area contributed by atoms with Crippen molar-refractivity contribution in [2.45, 2.75) is 44.7 Å². The molecule has 2 fully saturated rings. The minimum atomic E-state index is 0.117. The van der Waals surface area contributed by atoms with E-state index < -0.39 is 0 Å². The number of thiazole rings is 1. The van der Waals surface area contributed by atoms with Gasteiger partial charge in [-0.2, -0.15) is 0 Å². The Balaban J connectivity index is 1.26. The normalized spacial score (nSPS) is 18.6. The van der Waals surface area contributed by atoms with Gasteiger partial charge in [0.05, 0.1) is 19.3 Å². The number of hydrogen-bond donors (Lipinski definition) is 1. The maximum atomic E-state index is 12.5. The third-order valence-electron chi connectivity index (χ3n) is 5.87. The van der Waals surface area contributed by atoms with E-state index in [0.29, 0.717) is 6.04 Å². The molecule has 4 rings (SSSR count). The van der Waals surface area contributed by atoms with Gasteiger partial charge in [-0.1, -0.05) is 31.4 Å². The zero-order valence-corrected chi connectivity index (χ0v) is 17.9. The van der Waals surface area contributed by atoms with Crippen LogP contribution >= 0.6 is 11.3 Å². The fraction of sp³-hybridized carbons (Fsp3) is 0.545. The molecule has 1 aromatic heterocycles. The number of rotatable bonds is 5. The Morgan fingerprint density at radius 1 is 1.21 bits per heavy atom. The van der Waals surface area contributed by atoms with E-state index in [9.17, 15) is 4.79 Å².